The number of hydroxylamine groups is 2. The molecule has 1 aromatic rings. The first-order chi connectivity index (χ1) is 7.16. The second-order valence-electron chi connectivity index (χ2n) is 4.23. The number of hydrogen-bond donors (Lipinski definition) is 1. The van der Waals surface area contributed by atoms with Crippen LogP contribution < -0.4 is 0 Å². The summed E-state index contributed by atoms with van der Waals surface area (Å²) in [6.45, 7) is 3.64. The predicted octanol–water partition coefficient (Wildman–Crippen LogP) is 3.22. The van der Waals surface area contributed by atoms with Crippen molar-refractivity contribution in [1.82, 2.24) is 5.06 Å². The average molecular weight is 226 g/mol. The van der Waals surface area contributed by atoms with Crippen LogP contribution in [0, 0.1) is 6.92 Å². The van der Waals surface area contributed by atoms with Gasteiger partial charge in [0.05, 0.1) is 0 Å². The molecule has 82 valence electrons. The number of aryl methyl sites for hydroxylation is 1. The Balaban J connectivity index is 2.15. The lowest BCUT2D eigenvalue weighted by Gasteiger charge is -2.28. The average Bonchev–Trinajstić information content (AvgIpc) is 2.20. The summed E-state index contributed by atoms with van der Waals surface area (Å²) in [6.07, 6.45) is 2.05. The Morgan fingerprint density at radius 2 is 2.00 bits per heavy atom. The van der Waals surface area contributed by atoms with Crippen LogP contribution in [0.2, 0.25) is 5.02 Å². The van der Waals surface area contributed by atoms with E-state index < -0.39 is 0 Å². The van der Waals surface area contributed by atoms with Crippen LogP contribution in [0.25, 0.3) is 0 Å². The zero-order valence-electron chi connectivity index (χ0n) is 8.91. The summed E-state index contributed by atoms with van der Waals surface area (Å²) in [5.74, 6) is 0.575. The molecule has 1 N–H and O–H groups in total. The molecule has 0 bridgehead atoms. The Morgan fingerprint density at radius 1 is 1.33 bits per heavy atom. The lowest BCUT2D eigenvalue weighted by atomic mass is 9.87. The van der Waals surface area contributed by atoms with E-state index in [0.29, 0.717) is 5.92 Å². The van der Waals surface area contributed by atoms with Gasteiger partial charge in [0.1, 0.15) is 0 Å². The fourth-order valence-corrected chi connectivity index (χ4v) is 2.50. The number of hydrogen-bond acceptors (Lipinski definition) is 2. The third kappa shape index (κ3) is 2.51. The first-order valence-corrected chi connectivity index (χ1v) is 5.74. The second kappa shape index (κ2) is 4.52. The quantitative estimate of drug-likeness (QED) is 0.794. The van der Waals surface area contributed by atoms with Gasteiger partial charge in [0.25, 0.3) is 0 Å². The Morgan fingerprint density at radius 3 is 2.60 bits per heavy atom. The van der Waals surface area contributed by atoms with Crippen molar-refractivity contribution in [3.05, 3.63) is 34.3 Å². The first-order valence-electron chi connectivity index (χ1n) is 5.36. The van der Waals surface area contributed by atoms with Crippen LogP contribution in [0.5, 0.6) is 0 Å². The predicted molar refractivity (Wildman–Crippen MR) is 61.5 cm³/mol. The summed E-state index contributed by atoms with van der Waals surface area (Å²) in [7, 11) is 0. The molecule has 1 aliphatic rings. The Bertz CT molecular complexity index is 345. The number of piperidine rings is 1. The molecule has 0 radical (unpaired) electrons. The normalized spacial score (nSPS) is 19.4. The van der Waals surface area contributed by atoms with Crippen molar-refractivity contribution in [2.24, 2.45) is 0 Å². The van der Waals surface area contributed by atoms with Gasteiger partial charge in [0.2, 0.25) is 0 Å². The molecule has 0 spiro atoms. The summed E-state index contributed by atoms with van der Waals surface area (Å²) in [4.78, 5) is 0. The zero-order valence-corrected chi connectivity index (χ0v) is 9.67. The third-order valence-electron chi connectivity index (χ3n) is 3.14. The highest BCUT2D eigenvalue weighted by molar-refractivity contribution is 6.30. The topological polar surface area (TPSA) is 23.5 Å². The van der Waals surface area contributed by atoms with E-state index in [9.17, 15) is 5.21 Å². The molecule has 15 heavy (non-hydrogen) atoms. The molecule has 2 nitrogen and oxygen atoms in total. The van der Waals surface area contributed by atoms with Gasteiger partial charge in [-0.3, -0.25) is 0 Å². The molecule has 1 aliphatic heterocycles. The fraction of sp³-hybridized carbons (Fsp3) is 0.500. The molecular weight excluding hydrogens is 210 g/mol. The van der Waals surface area contributed by atoms with Crippen molar-refractivity contribution in [3.63, 3.8) is 0 Å². The van der Waals surface area contributed by atoms with Gasteiger partial charge in [0, 0.05) is 18.1 Å². The van der Waals surface area contributed by atoms with Gasteiger partial charge in [-0.05, 0) is 48.9 Å². The highest BCUT2D eigenvalue weighted by atomic mass is 35.5. The molecule has 1 fully saturated rings. The minimum atomic E-state index is 0.575. The Labute approximate surface area is 95.4 Å². The van der Waals surface area contributed by atoms with Crippen molar-refractivity contribution in [2.75, 3.05) is 13.1 Å². The number of halogens is 1. The number of nitrogens with zero attached hydrogens (tertiary/aromatic N) is 1. The van der Waals surface area contributed by atoms with Crippen LogP contribution in [0.4, 0.5) is 0 Å². The van der Waals surface area contributed by atoms with Crippen molar-refractivity contribution in [2.45, 2.75) is 25.7 Å². The molecular formula is C12H16ClNO. The van der Waals surface area contributed by atoms with Gasteiger partial charge in [-0.2, -0.15) is 5.06 Å². The van der Waals surface area contributed by atoms with Crippen LogP contribution >= 0.6 is 11.6 Å². The van der Waals surface area contributed by atoms with Crippen LogP contribution in [-0.4, -0.2) is 23.4 Å². The van der Waals surface area contributed by atoms with E-state index in [1.807, 2.05) is 12.1 Å². The van der Waals surface area contributed by atoms with Crippen LogP contribution in [0.15, 0.2) is 18.2 Å². The maximum Gasteiger partial charge on any atom is 0.0408 e. The van der Waals surface area contributed by atoms with Gasteiger partial charge >= 0.3 is 0 Å². The zero-order chi connectivity index (χ0) is 10.8. The van der Waals surface area contributed by atoms with E-state index in [2.05, 4.69) is 13.0 Å². The van der Waals surface area contributed by atoms with Crippen molar-refractivity contribution in [1.29, 1.82) is 0 Å². The van der Waals surface area contributed by atoms with Gasteiger partial charge in [0.15, 0.2) is 0 Å². The highest BCUT2D eigenvalue weighted by Crippen LogP contribution is 2.30. The lowest BCUT2D eigenvalue weighted by molar-refractivity contribution is -0.106. The second-order valence-corrected chi connectivity index (χ2v) is 4.67. The van der Waals surface area contributed by atoms with Gasteiger partial charge < -0.3 is 5.21 Å². The third-order valence-corrected chi connectivity index (χ3v) is 3.38. The van der Waals surface area contributed by atoms with Crippen LogP contribution in [-0.2, 0) is 0 Å². The van der Waals surface area contributed by atoms with Crippen LogP contribution in [0.1, 0.15) is 29.9 Å². The molecule has 0 amide bonds. The maximum atomic E-state index is 9.30. The monoisotopic (exact) mass is 225 g/mol. The van der Waals surface area contributed by atoms with Gasteiger partial charge in [-0.1, -0.05) is 17.7 Å². The summed E-state index contributed by atoms with van der Waals surface area (Å²) in [6, 6.07) is 6.09. The molecule has 0 unspecified atom stereocenters. The molecule has 1 heterocycles. The number of rotatable bonds is 1. The van der Waals surface area contributed by atoms with Crippen molar-refractivity contribution < 1.29 is 5.21 Å². The Hall–Kier alpha value is -0.570. The van der Waals surface area contributed by atoms with Gasteiger partial charge in [-0.15, -0.1) is 0 Å². The fourth-order valence-electron chi connectivity index (χ4n) is 2.27. The van der Waals surface area contributed by atoms with E-state index in [1.165, 1.54) is 16.2 Å². The van der Waals surface area contributed by atoms with E-state index in [4.69, 9.17) is 11.6 Å². The summed E-state index contributed by atoms with van der Waals surface area (Å²) >= 11 is 5.93. The van der Waals surface area contributed by atoms with Crippen molar-refractivity contribution in [3.8, 4) is 0 Å². The minimum absolute atomic E-state index is 0.575. The van der Waals surface area contributed by atoms with Gasteiger partial charge in [-0.25, -0.2) is 0 Å². The lowest BCUT2D eigenvalue weighted by Crippen LogP contribution is -2.30. The SMILES string of the molecule is Cc1cc(Cl)ccc1C1CCN(O)CC1. The Kier molecular flexibility index (Phi) is 3.29. The van der Waals surface area contributed by atoms with Crippen LogP contribution in [0.3, 0.4) is 0 Å². The van der Waals surface area contributed by atoms with E-state index in [1.54, 1.807) is 0 Å². The minimum Gasteiger partial charge on any atom is -0.314 e. The molecule has 0 aromatic heterocycles. The largest absolute Gasteiger partial charge is 0.314 e. The molecule has 0 atom stereocenters. The highest BCUT2D eigenvalue weighted by Gasteiger charge is 2.20. The smallest absolute Gasteiger partial charge is 0.0408 e. The molecule has 1 aromatic carbocycles. The van der Waals surface area contributed by atoms with E-state index >= 15 is 0 Å². The van der Waals surface area contributed by atoms with E-state index in [-0.39, 0.29) is 0 Å². The molecule has 2 rings (SSSR count). The standard InChI is InChI=1S/C12H16ClNO/c1-9-8-11(13)2-3-12(9)10-4-6-14(15)7-5-10/h2-3,8,10,15H,4-7H2,1H3. The van der Waals surface area contributed by atoms with E-state index in [0.717, 1.165) is 31.0 Å². The molecule has 0 aliphatic carbocycles. The summed E-state index contributed by atoms with van der Waals surface area (Å²) in [5.41, 5.74) is 2.64. The molecule has 3 heteroatoms. The molecule has 1 saturated heterocycles. The van der Waals surface area contributed by atoms with Crippen molar-refractivity contribution >= 4 is 11.6 Å². The first kappa shape index (κ1) is 10.9. The number of benzene rings is 1. The summed E-state index contributed by atoms with van der Waals surface area (Å²) < 4.78 is 0. The maximum absolute atomic E-state index is 9.30. The molecule has 0 saturated carbocycles. The summed E-state index contributed by atoms with van der Waals surface area (Å²) in [5, 5.41) is 11.5.